The molecule has 11 heteroatoms. The third kappa shape index (κ3) is 6.52. The number of likely N-dealkylation sites (tertiary alicyclic amines) is 2. The van der Waals surface area contributed by atoms with E-state index in [0.29, 0.717) is 40.8 Å². The molecule has 1 atom stereocenters. The molecule has 2 N–H and O–H groups in total. The minimum absolute atomic E-state index is 0.272. The lowest BCUT2D eigenvalue weighted by atomic mass is 10.1. The molecule has 2 aliphatic heterocycles. The van der Waals surface area contributed by atoms with Crippen molar-refractivity contribution in [3.8, 4) is 0 Å². The van der Waals surface area contributed by atoms with Gasteiger partial charge in [0.2, 0.25) is 5.91 Å². The lowest BCUT2D eigenvalue weighted by Crippen LogP contribution is -2.45. The summed E-state index contributed by atoms with van der Waals surface area (Å²) >= 11 is 5.89. The molecule has 2 fully saturated rings. The Morgan fingerprint density at radius 2 is 1.51 bits per heavy atom. The van der Waals surface area contributed by atoms with Crippen molar-refractivity contribution in [3.63, 3.8) is 0 Å². The van der Waals surface area contributed by atoms with Gasteiger partial charge >= 0.3 is 6.03 Å². The molecule has 186 valence electrons. The molecule has 2 saturated heterocycles. The van der Waals surface area contributed by atoms with Crippen LogP contribution < -0.4 is 10.6 Å². The van der Waals surface area contributed by atoms with E-state index in [9.17, 15) is 18.0 Å². The number of nitrogens with zero attached hydrogens (tertiary/aromatic N) is 3. The van der Waals surface area contributed by atoms with Crippen molar-refractivity contribution in [3.05, 3.63) is 59.1 Å². The summed E-state index contributed by atoms with van der Waals surface area (Å²) in [4.78, 5) is 29.2. The van der Waals surface area contributed by atoms with E-state index < -0.39 is 16.1 Å². The van der Waals surface area contributed by atoms with Crippen LogP contribution in [0, 0.1) is 0 Å². The van der Waals surface area contributed by atoms with Crippen LogP contribution in [0.5, 0.6) is 0 Å². The van der Waals surface area contributed by atoms with Crippen LogP contribution in [0.3, 0.4) is 0 Å². The summed E-state index contributed by atoms with van der Waals surface area (Å²) in [6, 6.07) is 12.8. The van der Waals surface area contributed by atoms with E-state index in [1.165, 1.54) is 4.90 Å². The van der Waals surface area contributed by atoms with Gasteiger partial charge in [0.1, 0.15) is 11.9 Å². The number of benzene rings is 2. The van der Waals surface area contributed by atoms with Gasteiger partial charge in [-0.1, -0.05) is 11.6 Å². The van der Waals surface area contributed by atoms with Crippen LogP contribution >= 0.6 is 11.6 Å². The highest BCUT2D eigenvalue weighted by molar-refractivity contribution is 7.89. The number of carbonyl (C=O) groups is 2. The van der Waals surface area contributed by atoms with E-state index in [1.54, 1.807) is 48.5 Å². The zero-order valence-corrected chi connectivity index (χ0v) is 21.0. The molecule has 0 spiro atoms. The summed E-state index contributed by atoms with van der Waals surface area (Å²) in [7, 11) is -3.56. The second-order valence-electron chi connectivity index (χ2n) is 8.70. The monoisotopic (exact) mass is 517 g/mol. The van der Waals surface area contributed by atoms with E-state index in [2.05, 4.69) is 15.0 Å². The van der Waals surface area contributed by atoms with Gasteiger partial charge in [0.25, 0.3) is 10.0 Å². The molecule has 3 amide bonds. The number of anilines is 2. The van der Waals surface area contributed by atoms with Gasteiger partial charge in [-0.15, -0.1) is 4.40 Å². The van der Waals surface area contributed by atoms with E-state index in [4.69, 9.17) is 11.6 Å². The molecule has 9 nitrogen and oxygen atoms in total. The number of sulfonamides is 1. The molecule has 35 heavy (non-hydrogen) atoms. The number of carbonyl (C=O) groups excluding carboxylic acids is 2. The number of hydrogen-bond acceptors (Lipinski definition) is 4. The number of urea groups is 1. The standard InChI is InChI=1S/C24H28ClN5O4S/c1-35(33,34)28-22(29-14-2-3-15-29)17-6-10-19(11-7-17)26-23(31)21-5-4-16-30(21)24(32)27-20-12-8-18(25)9-13-20/h6-13,21H,2-5,14-16H2,1H3,(H,26,31)(H,27,32)/b28-22-. The highest BCUT2D eigenvalue weighted by Crippen LogP contribution is 2.22. The molecule has 4 rings (SSSR count). The molecule has 2 aromatic carbocycles. The lowest BCUT2D eigenvalue weighted by Gasteiger charge is -2.24. The van der Waals surface area contributed by atoms with Crippen LogP contribution in [-0.2, 0) is 14.8 Å². The van der Waals surface area contributed by atoms with Crippen LogP contribution in [0.1, 0.15) is 31.2 Å². The number of halogens is 1. The van der Waals surface area contributed by atoms with Crippen LogP contribution in [0.2, 0.25) is 5.02 Å². The smallest absolute Gasteiger partial charge is 0.322 e. The molecule has 0 bridgehead atoms. The molecule has 2 aliphatic rings. The Kier molecular flexibility index (Phi) is 7.61. The summed E-state index contributed by atoms with van der Waals surface area (Å²) in [5.41, 5.74) is 1.83. The molecule has 2 aromatic rings. The average molecular weight is 518 g/mol. The van der Waals surface area contributed by atoms with Gasteiger partial charge in [-0.05, 0) is 74.2 Å². The maximum Gasteiger partial charge on any atom is 0.322 e. The molecule has 1 unspecified atom stereocenters. The minimum atomic E-state index is -3.56. The summed E-state index contributed by atoms with van der Waals surface area (Å²) in [5.74, 6) is 0.148. The first-order valence-electron chi connectivity index (χ1n) is 11.5. The van der Waals surface area contributed by atoms with Crippen LogP contribution in [0.15, 0.2) is 52.9 Å². The van der Waals surface area contributed by atoms with Crippen LogP contribution in [0.4, 0.5) is 16.2 Å². The second kappa shape index (κ2) is 10.7. The molecule has 0 saturated carbocycles. The molecular formula is C24H28ClN5O4S. The quantitative estimate of drug-likeness (QED) is 0.463. The van der Waals surface area contributed by atoms with Crippen LogP contribution in [0.25, 0.3) is 0 Å². The van der Waals surface area contributed by atoms with Crippen molar-refractivity contribution in [1.29, 1.82) is 0 Å². The Bertz CT molecular complexity index is 1210. The van der Waals surface area contributed by atoms with E-state index in [-0.39, 0.29) is 11.9 Å². The van der Waals surface area contributed by atoms with Gasteiger partial charge in [-0.2, -0.15) is 0 Å². The number of amides is 3. The first-order chi connectivity index (χ1) is 16.7. The third-order valence-electron chi connectivity index (χ3n) is 5.98. The number of nitrogens with one attached hydrogen (secondary N) is 2. The zero-order chi connectivity index (χ0) is 25.0. The SMILES string of the molecule is CS(=O)(=O)/N=C(/c1ccc(NC(=O)C2CCCN2C(=O)Nc2ccc(Cl)cc2)cc1)N1CCCC1. The van der Waals surface area contributed by atoms with Crippen molar-refractivity contribution >= 4 is 50.8 Å². The lowest BCUT2D eigenvalue weighted by molar-refractivity contribution is -0.119. The maximum absolute atomic E-state index is 13.0. The fourth-order valence-electron chi connectivity index (χ4n) is 4.32. The van der Waals surface area contributed by atoms with Gasteiger partial charge in [0, 0.05) is 41.6 Å². The number of hydrogen-bond donors (Lipinski definition) is 2. The zero-order valence-electron chi connectivity index (χ0n) is 19.4. The highest BCUT2D eigenvalue weighted by Gasteiger charge is 2.34. The Labute approximate surface area is 210 Å². The van der Waals surface area contributed by atoms with Crippen molar-refractivity contribution in [2.24, 2.45) is 4.40 Å². The fraction of sp³-hybridized carbons (Fsp3) is 0.375. The number of rotatable bonds is 5. The Hall–Kier alpha value is -3.11. The van der Waals surface area contributed by atoms with Gasteiger partial charge in [0.05, 0.1) is 6.26 Å². The van der Waals surface area contributed by atoms with E-state index >= 15 is 0 Å². The highest BCUT2D eigenvalue weighted by atomic mass is 35.5. The van der Waals surface area contributed by atoms with Crippen LogP contribution in [-0.4, -0.2) is 67.9 Å². The van der Waals surface area contributed by atoms with Gasteiger partial charge in [0.15, 0.2) is 0 Å². The van der Waals surface area contributed by atoms with Crippen molar-refractivity contribution < 1.29 is 18.0 Å². The van der Waals surface area contributed by atoms with Gasteiger partial charge in [-0.3, -0.25) is 4.79 Å². The van der Waals surface area contributed by atoms with Gasteiger partial charge in [-0.25, -0.2) is 13.2 Å². The Balaban J connectivity index is 1.43. The molecule has 0 radical (unpaired) electrons. The normalized spacial score (nSPS) is 18.6. The Morgan fingerprint density at radius 1 is 0.914 bits per heavy atom. The molecule has 0 aliphatic carbocycles. The first-order valence-corrected chi connectivity index (χ1v) is 13.7. The molecule has 2 heterocycles. The van der Waals surface area contributed by atoms with Crippen molar-refractivity contribution in [2.45, 2.75) is 31.7 Å². The minimum Gasteiger partial charge on any atom is -0.355 e. The number of amidine groups is 1. The van der Waals surface area contributed by atoms with E-state index in [1.807, 2.05) is 4.90 Å². The fourth-order valence-corrected chi connectivity index (χ4v) is 4.98. The topological polar surface area (TPSA) is 111 Å². The van der Waals surface area contributed by atoms with Gasteiger partial charge < -0.3 is 20.4 Å². The first kappa shape index (κ1) is 25.0. The molecular weight excluding hydrogens is 490 g/mol. The summed E-state index contributed by atoms with van der Waals surface area (Å²) in [6.07, 6.45) is 4.35. The summed E-state index contributed by atoms with van der Waals surface area (Å²) in [5, 5.41) is 6.25. The largest absolute Gasteiger partial charge is 0.355 e. The predicted octanol–water partition coefficient (Wildman–Crippen LogP) is 3.78. The maximum atomic E-state index is 13.0. The van der Waals surface area contributed by atoms with Crippen molar-refractivity contribution in [2.75, 3.05) is 36.5 Å². The van der Waals surface area contributed by atoms with E-state index in [0.717, 1.165) is 38.6 Å². The van der Waals surface area contributed by atoms with Crippen molar-refractivity contribution in [1.82, 2.24) is 9.80 Å². The Morgan fingerprint density at radius 3 is 2.14 bits per heavy atom. The third-order valence-corrected chi connectivity index (χ3v) is 6.74. The predicted molar refractivity (Wildman–Crippen MR) is 137 cm³/mol. The average Bonchev–Trinajstić information content (AvgIpc) is 3.52. The summed E-state index contributed by atoms with van der Waals surface area (Å²) in [6.45, 7) is 1.99. The molecule has 0 aromatic heterocycles. The summed E-state index contributed by atoms with van der Waals surface area (Å²) < 4.78 is 27.6. The second-order valence-corrected chi connectivity index (χ2v) is 10.8.